The quantitative estimate of drug-likeness (QED) is 0.745. The summed E-state index contributed by atoms with van der Waals surface area (Å²) in [5, 5.41) is 3.22. The second-order valence-electron chi connectivity index (χ2n) is 7.33. The number of nitrogens with zero attached hydrogens (tertiary/aromatic N) is 1. The van der Waals surface area contributed by atoms with Gasteiger partial charge in [-0.15, -0.1) is 0 Å². The van der Waals surface area contributed by atoms with Crippen LogP contribution in [-0.4, -0.2) is 56.2 Å². The number of piperazine rings is 1. The first kappa shape index (κ1) is 20.9. The van der Waals surface area contributed by atoms with Crippen LogP contribution < -0.4 is 10.2 Å². The van der Waals surface area contributed by atoms with Crippen LogP contribution in [0.4, 0.5) is 4.79 Å². The lowest BCUT2D eigenvalue weighted by Gasteiger charge is -2.31. The third-order valence-corrected chi connectivity index (χ3v) is 5.23. The molecule has 1 aliphatic rings. The van der Waals surface area contributed by atoms with Gasteiger partial charge in [0.25, 0.3) is 5.91 Å². The number of quaternary nitrogens is 1. The highest BCUT2D eigenvalue weighted by atomic mass is 16.6. The molecule has 2 N–H and O–H groups in total. The lowest BCUT2D eigenvalue weighted by molar-refractivity contribution is -0.896. The standard InChI is InChI=1S/C23H29N3O3/c1-2-29-23(28)26-15-13-25(14-16-26)18-22(27)24-21(20-11-7-4-8-12-20)17-19-9-5-3-6-10-19/h3-12,21H,2,13-18H2,1H3,(H,24,27)/p+1/t21-/m0/s1. The zero-order valence-electron chi connectivity index (χ0n) is 17.0. The van der Waals surface area contributed by atoms with E-state index in [1.165, 1.54) is 10.5 Å². The van der Waals surface area contributed by atoms with Crippen molar-refractivity contribution in [2.75, 3.05) is 39.3 Å². The molecule has 1 saturated heterocycles. The number of rotatable bonds is 7. The Morgan fingerprint density at radius 1 is 1.03 bits per heavy atom. The van der Waals surface area contributed by atoms with Crippen LogP contribution in [0, 0.1) is 0 Å². The van der Waals surface area contributed by atoms with E-state index in [-0.39, 0.29) is 18.0 Å². The summed E-state index contributed by atoms with van der Waals surface area (Å²) < 4.78 is 5.05. The van der Waals surface area contributed by atoms with Gasteiger partial charge in [-0.2, -0.15) is 0 Å². The highest BCUT2D eigenvalue weighted by molar-refractivity contribution is 5.77. The van der Waals surface area contributed by atoms with E-state index >= 15 is 0 Å². The van der Waals surface area contributed by atoms with Gasteiger partial charge in [-0.1, -0.05) is 60.7 Å². The Balaban J connectivity index is 1.56. The molecule has 1 atom stereocenters. The molecule has 29 heavy (non-hydrogen) atoms. The summed E-state index contributed by atoms with van der Waals surface area (Å²) >= 11 is 0. The zero-order valence-corrected chi connectivity index (χ0v) is 17.0. The highest BCUT2D eigenvalue weighted by Crippen LogP contribution is 2.18. The Morgan fingerprint density at radius 3 is 2.28 bits per heavy atom. The monoisotopic (exact) mass is 396 g/mol. The number of hydrogen-bond acceptors (Lipinski definition) is 3. The van der Waals surface area contributed by atoms with Gasteiger partial charge in [-0.05, 0) is 24.5 Å². The van der Waals surface area contributed by atoms with Crippen LogP contribution in [0.3, 0.4) is 0 Å². The fourth-order valence-electron chi connectivity index (χ4n) is 3.66. The average molecular weight is 397 g/mol. The van der Waals surface area contributed by atoms with Crippen molar-refractivity contribution in [1.82, 2.24) is 10.2 Å². The predicted molar refractivity (Wildman–Crippen MR) is 112 cm³/mol. The maximum atomic E-state index is 12.8. The van der Waals surface area contributed by atoms with Crippen molar-refractivity contribution >= 4 is 12.0 Å². The Kier molecular flexibility index (Phi) is 7.64. The molecule has 0 bridgehead atoms. The van der Waals surface area contributed by atoms with Gasteiger partial charge in [0.05, 0.1) is 38.8 Å². The molecule has 154 valence electrons. The minimum atomic E-state index is -0.261. The summed E-state index contributed by atoms with van der Waals surface area (Å²) in [6, 6.07) is 20.2. The van der Waals surface area contributed by atoms with Crippen LogP contribution in [0.5, 0.6) is 0 Å². The summed E-state index contributed by atoms with van der Waals surface area (Å²) in [6.45, 7) is 5.34. The summed E-state index contributed by atoms with van der Waals surface area (Å²) in [5.41, 5.74) is 2.30. The van der Waals surface area contributed by atoms with E-state index in [4.69, 9.17) is 4.74 Å². The number of ether oxygens (including phenoxy) is 1. The first-order chi connectivity index (χ1) is 14.2. The van der Waals surface area contributed by atoms with E-state index in [1.807, 2.05) is 43.3 Å². The first-order valence-corrected chi connectivity index (χ1v) is 10.3. The molecule has 1 heterocycles. The second-order valence-corrected chi connectivity index (χ2v) is 7.33. The van der Waals surface area contributed by atoms with Crippen LogP contribution in [0.15, 0.2) is 60.7 Å². The van der Waals surface area contributed by atoms with Gasteiger partial charge in [-0.25, -0.2) is 4.79 Å². The summed E-state index contributed by atoms with van der Waals surface area (Å²) in [6.07, 6.45) is 0.491. The summed E-state index contributed by atoms with van der Waals surface area (Å²) in [7, 11) is 0. The molecular weight excluding hydrogens is 366 g/mol. The molecule has 0 aromatic heterocycles. The van der Waals surface area contributed by atoms with Gasteiger partial charge in [0.15, 0.2) is 6.54 Å². The number of carbonyl (C=O) groups is 2. The molecule has 3 rings (SSSR count). The largest absolute Gasteiger partial charge is 0.450 e. The molecule has 2 amide bonds. The van der Waals surface area contributed by atoms with Gasteiger partial charge in [0, 0.05) is 0 Å². The second kappa shape index (κ2) is 10.6. The number of nitrogens with one attached hydrogen (secondary N) is 2. The van der Waals surface area contributed by atoms with Crippen molar-refractivity contribution in [3.8, 4) is 0 Å². The van der Waals surface area contributed by atoms with Crippen molar-refractivity contribution < 1.29 is 19.2 Å². The molecule has 1 fully saturated rings. The van der Waals surface area contributed by atoms with Gasteiger partial charge < -0.3 is 15.0 Å². The van der Waals surface area contributed by atoms with E-state index < -0.39 is 0 Å². The molecule has 0 saturated carbocycles. The molecule has 2 aromatic carbocycles. The van der Waals surface area contributed by atoms with Crippen molar-refractivity contribution in [1.29, 1.82) is 0 Å². The summed E-state index contributed by atoms with van der Waals surface area (Å²) in [5.74, 6) is 0.0365. The van der Waals surface area contributed by atoms with Gasteiger partial charge >= 0.3 is 6.09 Å². The van der Waals surface area contributed by atoms with Gasteiger partial charge in [-0.3, -0.25) is 9.69 Å². The highest BCUT2D eigenvalue weighted by Gasteiger charge is 2.26. The molecule has 0 spiro atoms. The Labute approximate surface area is 172 Å². The normalized spacial score (nSPS) is 15.6. The Hall–Kier alpha value is -2.86. The van der Waals surface area contributed by atoms with E-state index in [1.54, 1.807) is 4.90 Å². The fraction of sp³-hybridized carbons (Fsp3) is 0.391. The number of carbonyl (C=O) groups excluding carboxylic acids is 2. The molecule has 2 aromatic rings. The molecule has 0 radical (unpaired) electrons. The number of benzene rings is 2. The van der Waals surface area contributed by atoms with E-state index in [0.717, 1.165) is 25.1 Å². The van der Waals surface area contributed by atoms with Crippen LogP contribution >= 0.6 is 0 Å². The molecule has 0 aliphatic carbocycles. The molecule has 6 heteroatoms. The van der Waals surface area contributed by atoms with Crippen LogP contribution in [-0.2, 0) is 16.0 Å². The summed E-state index contributed by atoms with van der Waals surface area (Å²) in [4.78, 5) is 27.5. The molecule has 0 unspecified atom stereocenters. The number of amides is 2. The van der Waals surface area contributed by atoms with Crippen LogP contribution in [0.2, 0.25) is 0 Å². The first-order valence-electron chi connectivity index (χ1n) is 10.3. The van der Waals surface area contributed by atoms with E-state index in [2.05, 4.69) is 29.6 Å². The Morgan fingerprint density at radius 2 is 1.66 bits per heavy atom. The minimum Gasteiger partial charge on any atom is -0.450 e. The number of hydrogen-bond donors (Lipinski definition) is 2. The maximum Gasteiger partial charge on any atom is 0.410 e. The zero-order chi connectivity index (χ0) is 20.5. The van der Waals surface area contributed by atoms with Crippen molar-refractivity contribution in [3.63, 3.8) is 0 Å². The topological polar surface area (TPSA) is 63.1 Å². The van der Waals surface area contributed by atoms with E-state index in [9.17, 15) is 9.59 Å². The third-order valence-electron chi connectivity index (χ3n) is 5.23. The van der Waals surface area contributed by atoms with Gasteiger partial charge in [0.1, 0.15) is 0 Å². The van der Waals surface area contributed by atoms with Crippen molar-refractivity contribution in [2.45, 2.75) is 19.4 Å². The predicted octanol–water partition coefficient (Wildman–Crippen LogP) is 1.44. The fourth-order valence-corrected chi connectivity index (χ4v) is 3.66. The molecule has 6 nitrogen and oxygen atoms in total. The average Bonchev–Trinajstić information content (AvgIpc) is 2.75. The third kappa shape index (κ3) is 6.32. The lowest BCUT2D eigenvalue weighted by Crippen LogP contribution is -3.15. The Bertz CT molecular complexity index is 774. The SMILES string of the molecule is CCOC(=O)N1CC[NH+](CC(=O)N[C@@H](Cc2ccccc2)c2ccccc2)CC1. The van der Waals surface area contributed by atoms with Crippen molar-refractivity contribution in [2.24, 2.45) is 0 Å². The molecular formula is C23H30N3O3+. The van der Waals surface area contributed by atoms with E-state index in [0.29, 0.717) is 26.2 Å². The molecule has 1 aliphatic heterocycles. The van der Waals surface area contributed by atoms with Crippen LogP contribution in [0.1, 0.15) is 24.1 Å². The van der Waals surface area contributed by atoms with Gasteiger partial charge in [0.2, 0.25) is 0 Å². The van der Waals surface area contributed by atoms with Crippen molar-refractivity contribution in [3.05, 3.63) is 71.8 Å². The maximum absolute atomic E-state index is 12.8. The smallest absolute Gasteiger partial charge is 0.410 e. The minimum absolute atomic E-state index is 0.0365. The van der Waals surface area contributed by atoms with Crippen LogP contribution in [0.25, 0.3) is 0 Å². The lowest BCUT2D eigenvalue weighted by atomic mass is 9.99.